The van der Waals surface area contributed by atoms with Gasteiger partial charge in [-0.3, -0.25) is 4.79 Å². The first-order valence-electron chi connectivity index (χ1n) is 9.91. The largest absolute Gasteiger partial charge is 0.348 e. The van der Waals surface area contributed by atoms with Crippen molar-refractivity contribution in [3.05, 3.63) is 101 Å². The number of nitrogens with zero attached hydrogens (tertiary/aromatic N) is 1. The molecule has 0 fully saturated rings. The van der Waals surface area contributed by atoms with Gasteiger partial charge >= 0.3 is 0 Å². The molecular weight excluding hydrogens is 432 g/mol. The quantitative estimate of drug-likeness (QED) is 0.533. The van der Waals surface area contributed by atoms with Gasteiger partial charge in [-0.05, 0) is 49.2 Å². The lowest BCUT2D eigenvalue weighted by Gasteiger charge is -2.23. The van der Waals surface area contributed by atoms with Gasteiger partial charge in [0.1, 0.15) is 0 Å². The molecule has 162 valence electrons. The second kappa shape index (κ2) is 10.1. The number of nitrogens with one attached hydrogen (secondary N) is 1. The third-order valence-electron chi connectivity index (χ3n) is 4.93. The van der Waals surface area contributed by atoms with E-state index in [4.69, 9.17) is 11.6 Å². The molecule has 31 heavy (non-hydrogen) atoms. The number of aryl methyl sites for hydroxylation is 1. The smallest absolute Gasteiger partial charge is 0.243 e. The van der Waals surface area contributed by atoms with Crippen molar-refractivity contribution in [2.45, 2.75) is 31.3 Å². The third-order valence-corrected chi connectivity index (χ3v) is 6.99. The molecule has 0 aliphatic heterocycles. The molecule has 1 atom stereocenters. The summed E-state index contributed by atoms with van der Waals surface area (Å²) in [6.07, 6.45) is 0. The van der Waals surface area contributed by atoms with Crippen molar-refractivity contribution in [2.24, 2.45) is 0 Å². The normalized spacial score (nSPS) is 12.5. The predicted octanol–water partition coefficient (Wildman–Crippen LogP) is 4.72. The van der Waals surface area contributed by atoms with Crippen LogP contribution in [-0.2, 0) is 21.4 Å². The Morgan fingerprint density at radius 3 is 2.19 bits per heavy atom. The average molecular weight is 457 g/mol. The summed E-state index contributed by atoms with van der Waals surface area (Å²) in [5, 5.41) is 3.33. The molecule has 0 bridgehead atoms. The van der Waals surface area contributed by atoms with Gasteiger partial charge in [0.25, 0.3) is 0 Å². The molecule has 7 heteroatoms. The minimum Gasteiger partial charge on any atom is -0.348 e. The monoisotopic (exact) mass is 456 g/mol. The number of halogens is 1. The first-order valence-corrected chi connectivity index (χ1v) is 11.7. The van der Waals surface area contributed by atoms with Gasteiger partial charge in [-0.25, -0.2) is 8.42 Å². The maximum absolute atomic E-state index is 13.3. The van der Waals surface area contributed by atoms with E-state index in [0.717, 1.165) is 16.7 Å². The summed E-state index contributed by atoms with van der Waals surface area (Å²) in [5.74, 6) is -0.374. The fraction of sp³-hybridized carbons (Fsp3) is 0.208. The van der Waals surface area contributed by atoms with Gasteiger partial charge in [-0.15, -0.1) is 0 Å². The number of hydrogen-bond acceptors (Lipinski definition) is 3. The summed E-state index contributed by atoms with van der Waals surface area (Å²) < 4.78 is 27.8. The highest BCUT2D eigenvalue weighted by Gasteiger charge is 2.27. The van der Waals surface area contributed by atoms with Crippen LogP contribution in [0, 0.1) is 6.92 Å². The van der Waals surface area contributed by atoms with Crippen LogP contribution in [0.4, 0.5) is 0 Å². The van der Waals surface area contributed by atoms with Gasteiger partial charge in [-0.2, -0.15) is 4.31 Å². The Balaban J connectivity index is 1.83. The van der Waals surface area contributed by atoms with E-state index in [1.54, 1.807) is 0 Å². The lowest BCUT2D eigenvalue weighted by Crippen LogP contribution is -2.41. The van der Waals surface area contributed by atoms with Gasteiger partial charge in [-0.1, -0.05) is 71.8 Å². The Labute approximate surface area is 188 Å². The Hall–Kier alpha value is -2.67. The lowest BCUT2D eigenvalue weighted by atomic mass is 10.1. The number of sulfonamides is 1. The van der Waals surface area contributed by atoms with Gasteiger partial charge < -0.3 is 5.32 Å². The number of carbonyl (C=O) groups excluding carboxylic acids is 1. The highest BCUT2D eigenvalue weighted by Crippen LogP contribution is 2.21. The van der Waals surface area contributed by atoms with E-state index in [9.17, 15) is 13.2 Å². The predicted molar refractivity (Wildman–Crippen MR) is 123 cm³/mol. The molecule has 0 aliphatic rings. The van der Waals surface area contributed by atoms with Crippen LogP contribution in [0.1, 0.15) is 29.7 Å². The molecule has 5 nitrogen and oxygen atoms in total. The molecule has 0 heterocycles. The molecule has 1 amide bonds. The topological polar surface area (TPSA) is 66.5 Å². The fourth-order valence-corrected chi connectivity index (χ4v) is 4.66. The van der Waals surface area contributed by atoms with Crippen LogP contribution < -0.4 is 5.32 Å². The minimum atomic E-state index is -3.91. The van der Waals surface area contributed by atoms with Gasteiger partial charge in [0.15, 0.2) is 0 Å². The fourth-order valence-electron chi connectivity index (χ4n) is 3.15. The molecule has 0 spiro atoms. The Morgan fingerprint density at radius 2 is 1.58 bits per heavy atom. The Morgan fingerprint density at radius 1 is 0.968 bits per heavy atom. The highest BCUT2D eigenvalue weighted by molar-refractivity contribution is 7.89. The van der Waals surface area contributed by atoms with E-state index in [-0.39, 0.29) is 29.9 Å². The molecule has 3 aromatic rings. The third kappa shape index (κ3) is 6.17. The van der Waals surface area contributed by atoms with Crippen LogP contribution in [0.2, 0.25) is 5.02 Å². The molecule has 0 saturated heterocycles. The molecular formula is C24H25ClN2O3S. The molecule has 0 aromatic heterocycles. The number of hydrogen-bond donors (Lipinski definition) is 1. The van der Waals surface area contributed by atoms with Crippen molar-refractivity contribution in [1.82, 2.24) is 9.62 Å². The molecule has 0 radical (unpaired) electrons. The van der Waals surface area contributed by atoms with Crippen molar-refractivity contribution in [1.29, 1.82) is 0 Å². The van der Waals surface area contributed by atoms with Crippen LogP contribution in [0.25, 0.3) is 0 Å². The lowest BCUT2D eigenvalue weighted by molar-refractivity contribution is -0.122. The van der Waals surface area contributed by atoms with Crippen molar-refractivity contribution >= 4 is 27.5 Å². The number of rotatable bonds is 8. The zero-order chi connectivity index (χ0) is 22.4. The first-order chi connectivity index (χ1) is 14.8. The van der Waals surface area contributed by atoms with Gasteiger partial charge in [0.2, 0.25) is 15.9 Å². The van der Waals surface area contributed by atoms with Crippen molar-refractivity contribution in [2.75, 3.05) is 6.54 Å². The Bertz CT molecular complexity index is 1120. The molecule has 3 rings (SSSR count). The van der Waals surface area contributed by atoms with Crippen molar-refractivity contribution in [3.63, 3.8) is 0 Å². The average Bonchev–Trinajstić information content (AvgIpc) is 2.75. The summed E-state index contributed by atoms with van der Waals surface area (Å²) in [4.78, 5) is 12.9. The molecule has 1 unspecified atom stereocenters. The molecule has 0 aliphatic carbocycles. The summed E-state index contributed by atoms with van der Waals surface area (Å²) in [7, 11) is -3.91. The first kappa shape index (κ1) is 23.0. The summed E-state index contributed by atoms with van der Waals surface area (Å²) >= 11 is 5.91. The number of amides is 1. The van der Waals surface area contributed by atoms with E-state index >= 15 is 0 Å². The van der Waals surface area contributed by atoms with E-state index in [2.05, 4.69) is 5.32 Å². The second-order valence-electron chi connectivity index (χ2n) is 7.41. The van der Waals surface area contributed by atoms with Crippen LogP contribution in [0.5, 0.6) is 0 Å². The molecule has 3 aromatic carbocycles. The summed E-state index contributed by atoms with van der Waals surface area (Å²) in [6.45, 7) is 3.62. The minimum absolute atomic E-state index is 0.0817. The summed E-state index contributed by atoms with van der Waals surface area (Å²) in [6, 6.07) is 22.8. The maximum Gasteiger partial charge on any atom is 0.243 e. The second-order valence-corrected chi connectivity index (χ2v) is 9.79. The van der Waals surface area contributed by atoms with Crippen LogP contribution in [0.15, 0.2) is 83.8 Å². The van der Waals surface area contributed by atoms with Gasteiger partial charge in [0.05, 0.1) is 17.5 Å². The van der Waals surface area contributed by atoms with Gasteiger partial charge in [0, 0.05) is 11.6 Å². The zero-order valence-corrected chi connectivity index (χ0v) is 19.0. The maximum atomic E-state index is 13.3. The van der Waals surface area contributed by atoms with Crippen LogP contribution in [-0.4, -0.2) is 25.2 Å². The SMILES string of the molecule is Cc1ccc(CN(CC(=O)NC(C)c2ccccc2)S(=O)(=O)c2ccc(Cl)cc2)cc1. The van der Waals surface area contributed by atoms with E-state index < -0.39 is 10.0 Å². The highest BCUT2D eigenvalue weighted by atomic mass is 35.5. The molecule has 1 N–H and O–H groups in total. The van der Waals surface area contributed by atoms with E-state index in [1.807, 2.05) is 68.4 Å². The summed E-state index contributed by atoms with van der Waals surface area (Å²) in [5.41, 5.74) is 2.82. The van der Waals surface area contributed by atoms with Crippen LogP contribution in [0.3, 0.4) is 0 Å². The van der Waals surface area contributed by atoms with Crippen molar-refractivity contribution in [3.8, 4) is 0 Å². The number of carbonyl (C=O) groups is 1. The molecule has 0 saturated carbocycles. The Kier molecular flexibility index (Phi) is 7.49. The number of benzene rings is 3. The zero-order valence-electron chi connectivity index (χ0n) is 17.5. The standard InChI is InChI=1S/C24H25ClN2O3S/c1-18-8-10-20(11-9-18)16-27(31(29,30)23-14-12-22(25)13-15-23)17-24(28)26-19(2)21-6-4-3-5-7-21/h3-15,19H,16-17H2,1-2H3,(H,26,28). The van der Waals surface area contributed by atoms with E-state index in [1.165, 1.54) is 28.6 Å². The van der Waals surface area contributed by atoms with Crippen LogP contribution >= 0.6 is 11.6 Å². The van der Waals surface area contributed by atoms with Crippen molar-refractivity contribution < 1.29 is 13.2 Å². The van der Waals surface area contributed by atoms with E-state index in [0.29, 0.717) is 5.02 Å².